The van der Waals surface area contributed by atoms with Gasteiger partial charge in [-0.3, -0.25) is 4.57 Å². The molecule has 0 aromatic carbocycles. The highest BCUT2D eigenvalue weighted by atomic mass is 127. The molecule has 0 saturated carbocycles. The summed E-state index contributed by atoms with van der Waals surface area (Å²) in [4.78, 5) is 0. The zero-order valence-electron chi connectivity index (χ0n) is 5.09. The van der Waals surface area contributed by atoms with Crippen molar-refractivity contribution >= 4 is 36.1 Å². The van der Waals surface area contributed by atoms with Crippen molar-refractivity contribution in [1.29, 1.82) is 1.28 Å². The molecule has 9 heteroatoms. The van der Waals surface area contributed by atoms with Gasteiger partial charge >= 0.3 is 15.0 Å². The van der Waals surface area contributed by atoms with Crippen molar-refractivity contribution in [3.63, 3.8) is 0 Å². The van der Waals surface area contributed by atoms with Crippen molar-refractivity contribution in [2.24, 2.45) is 0 Å². The van der Waals surface area contributed by atoms with Crippen LogP contribution in [0.15, 0.2) is 0 Å². The third-order valence-corrected chi connectivity index (χ3v) is 7.87. The summed E-state index contributed by atoms with van der Waals surface area (Å²) in [5.41, 5.74) is -5.61. The first-order valence-corrected chi connectivity index (χ1v) is 7.77. The van der Waals surface area contributed by atoms with Gasteiger partial charge in [-0.15, -0.1) is 0 Å². The molecular weight excluding hydrogens is 307 g/mol. The summed E-state index contributed by atoms with van der Waals surface area (Å²) in [7, 11) is -5.80. The Hall–Kier alpha value is 0.700. The molecule has 0 aromatic rings. The second-order valence-electron chi connectivity index (χ2n) is 1.13. The van der Waals surface area contributed by atoms with Gasteiger partial charge in [0.25, 0.3) is 0 Å². The van der Waals surface area contributed by atoms with E-state index in [1.807, 2.05) is 0 Å². The van der Waals surface area contributed by atoms with E-state index in [9.17, 15) is 26.2 Å². The van der Waals surface area contributed by atoms with Crippen molar-refractivity contribution in [3.8, 4) is 0 Å². The maximum Gasteiger partial charge on any atom is 0.504 e. The van der Waals surface area contributed by atoms with Gasteiger partial charge in [-0.25, -0.2) is 8.42 Å². The summed E-state index contributed by atoms with van der Waals surface area (Å²) in [5.74, 6) is 0. The Morgan fingerprint density at radius 1 is 1.50 bits per heavy atom. The van der Waals surface area contributed by atoms with Gasteiger partial charge < -0.3 is 0 Å². The van der Waals surface area contributed by atoms with E-state index in [-0.39, 0.29) is 0 Å². The average Bonchev–Trinajstić information content (AvgIpc) is 1.58. The van der Waals surface area contributed by atoms with E-state index in [0.717, 1.165) is 0 Å². The van der Waals surface area contributed by atoms with Gasteiger partial charge in [0.1, 0.15) is 1.28 Å². The summed E-state index contributed by atoms with van der Waals surface area (Å²) in [6, 6.07) is 0. The average molecular weight is 309 g/mol. The molecule has 3 nitrogen and oxygen atoms in total. The van der Waals surface area contributed by atoms with Crippen molar-refractivity contribution in [2.75, 3.05) is 0 Å². The lowest BCUT2D eigenvalue weighted by atomic mass is 11.6. The molecule has 62 valence electrons. The van der Waals surface area contributed by atoms with E-state index < -0.39 is 19.6 Å². The number of hydrogen-bond donors (Lipinski definition) is 0. The van der Waals surface area contributed by atoms with E-state index in [1.54, 1.807) is 0 Å². The highest BCUT2D eigenvalue weighted by Crippen LogP contribution is 2.47. The van der Waals surface area contributed by atoms with Crippen molar-refractivity contribution in [3.05, 3.63) is 0 Å². The van der Waals surface area contributed by atoms with E-state index in [0.29, 0.717) is 22.0 Å². The predicted octanol–water partition coefficient (Wildman–Crippen LogP) is 1.75. The normalized spacial score (nSPS) is 21.4. The van der Waals surface area contributed by atoms with Gasteiger partial charge in [0, 0.05) is 22.0 Å². The standard InChI is InChI=1S/CHF3IO3PS/c2-1(3,4)10(7,8)9(5)6/h9H/i9D. The van der Waals surface area contributed by atoms with E-state index >= 15 is 0 Å². The topological polar surface area (TPSA) is 51.2 Å². The minimum atomic E-state index is -5.80. The fraction of sp³-hybridized carbons (Fsp3) is 1.00. The van der Waals surface area contributed by atoms with Crippen LogP contribution in [-0.4, -0.2) is 15.2 Å². The first-order chi connectivity index (χ1) is 4.50. The molecule has 0 radical (unpaired) electrons. The Labute approximate surface area is 69.2 Å². The number of rotatable bonds is 1. The lowest BCUT2D eigenvalue weighted by molar-refractivity contribution is -0.0411. The molecule has 0 N–H and O–H groups in total. The second-order valence-corrected chi connectivity index (χ2v) is 10.0. The smallest absolute Gasteiger partial charge is 0.299 e. The van der Waals surface area contributed by atoms with E-state index in [4.69, 9.17) is 1.28 Å². The molecule has 0 amide bonds. The SMILES string of the molecule is [2H]P(=O)(I)S(=O)(=O)C(F)(F)F. The van der Waals surface area contributed by atoms with Crippen LogP contribution in [0.5, 0.6) is 0 Å². The van der Waals surface area contributed by atoms with Gasteiger partial charge in [0.05, 0.1) is 0 Å². The van der Waals surface area contributed by atoms with Crippen LogP contribution in [0.2, 0.25) is 0 Å². The predicted molar refractivity (Wildman–Crippen MR) is 38.0 cm³/mol. The second kappa shape index (κ2) is 2.98. The van der Waals surface area contributed by atoms with Crippen molar-refractivity contribution in [1.82, 2.24) is 0 Å². The zero-order chi connectivity index (χ0) is 9.50. The molecule has 10 heavy (non-hydrogen) atoms. The van der Waals surface area contributed by atoms with E-state index in [1.165, 1.54) is 0 Å². The monoisotopic (exact) mass is 309 g/mol. The van der Waals surface area contributed by atoms with Gasteiger partial charge in [-0.2, -0.15) is 13.2 Å². The molecule has 0 rings (SSSR count). The Kier molecular flexibility index (Phi) is 2.62. The lowest BCUT2D eigenvalue weighted by Crippen LogP contribution is -2.17. The molecular formula is CHF3IO3PS. The fourth-order valence-corrected chi connectivity index (χ4v) is 2.74. The van der Waals surface area contributed by atoms with Crippen LogP contribution < -0.4 is 0 Å². The zero-order valence-corrected chi connectivity index (χ0v) is 7.96. The molecule has 0 bridgehead atoms. The first kappa shape index (κ1) is 8.79. The van der Waals surface area contributed by atoms with Crippen LogP contribution in [0.3, 0.4) is 0 Å². The molecule has 0 aliphatic rings. The number of halogens is 4. The third-order valence-electron chi connectivity index (χ3n) is 0.481. The molecule has 1 atom stereocenters. The van der Waals surface area contributed by atoms with Gasteiger partial charge in [-0.05, 0) is 0 Å². The Balaban J connectivity index is 5.29. The number of hydrogen-bond acceptors (Lipinski definition) is 3. The quantitative estimate of drug-likeness (QED) is 0.548. The molecule has 0 aromatic heterocycles. The Bertz CT molecular complexity index is 288. The summed E-state index contributed by atoms with van der Waals surface area (Å²) in [5, 5.41) is 0. The van der Waals surface area contributed by atoms with Crippen molar-refractivity contribution < 1.29 is 26.2 Å². The largest absolute Gasteiger partial charge is 0.504 e. The number of alkyl halides is 3. The highest BCUT2D eigenvalue weighted by Gasteiger charge is 2.48. The third kappa shape index (κ3) is 2.09. The fourth-order valence-electron chi connectivity index (χ4n) is 0.0814. The molecule has 0 fully saturated rings. The van der Waals surface area contributed by atoms with Gasteiger partial charge in [-0.1, -0.05) is 0 Å². The first-order valence-electron chi connectivity index (χ1n) is 2.09. The van der Waals surface area contributed by atoms with E-state index in [2.05, 4.69) is 0 Å². The summed E-state index contributed by atoms with van der Waals surface area (Å²) in [6.07, 6.45) is 0. The molecule has 0 aliphatic carbocycles. The molecule has 0 spiro atoms. The van der Waals surface area contributed by atoms with Crippen LogP contribution in [0.4, 0.5) is 13.2 Å². The summed E-state index contributed by atoms with van der Waals surface area (Å²) in [6.45, 7) is 0. The highest BCUT2D eigenvalue weighted by molar-refractivity contribution is 14.2. The maximum absolute atomic E-state index is 11.4. The summed E-state index contributed by atoms with van der Waals surface area (Å²) >= 11 is 0.459. The molecule has 1 unspecified atom stereocenters. The van der Waals surface area contributed by atoms with Crippen LogP contribution in [0.1, 0.15) is 0 Å². The minimum absolute atomic E-state index is 0.459. The molecule has 0 saturated heterocycles. The van der Waals surface area contributed by atoms with Crippen molar-refractivity contribution in [2.45, 2.75) is 5.51 Å². The molecule has 0 heterocycles. The Morgan fingerprint density at radius 3 is 1.80 bits per heavy atom. The molecule has 0 aliphatic heterocycles. The van der Waals surface area contributed by atoms with Gasteiger partial charge in [0.15, 0.2) is 0 Å². The van der Waals surface area contributed by atoms with Crippen LogP contribution in [0, 0.1) is 0 Å². The van der Waals surface area contributed by atoms with Gasteiger partial charge in [0.2, 0.25) is 4.59 Å². The van der Waals surface area contributed by atoms with Crippen LogP contribution >= 0.6 is 26.6 Å². The maximum atomic E-state index is 11.4. The van der Waals surface area contributed by atoms with Crippen LogP contribution in [-0.2, 0) is 14.0 Å². The minimum Gasteiger partial charge on any atom is -0.299 e. The lowest BCUT2D eigenvalue weighted by Gasteiger charge is -2.02. The van der Waals surface area contributed by atoms with Crippen LogP contribution in [0.25, 0.3) is 0 Å². The summed E-state index contributed by atoms with van der Waals surface area (Å²) < 4.78 is 66.0. The Morgan fingerprint density at radius 2 is 1.80 bits per heavy atom.